The maximum absolute atomic E-state index is 6.07. The second-order valence-corrected chi connectivity index (χ2v) is 7.38. The molecule has 1 N–H and O–H groups in total. The molecule has 4 heterocycles. The Morgan fingerprint density at radius 2 is 2.28 bits per heavy atom. The number of aromatic nitrogens is 1. The van der Waals surface area contributed by atoms with Gasteiger partial charge in [-0.25, -0.2) is 4.98 Å². The molecule has 134 valence electrons. The van der Waals surface area contributed by atoms with Crippen molar-refractivity contribution in [2.75, 3.05) is 31.6 Å². The van der Waals surface area contributed by atoms with E-state index in [4.69, 9.17) is 9.15 Å². The van der Waals surface area contributed by atoms with Gasteiger partial charge < -0.3 is 14.5 Å². The molecule has 4 rings (SSSR count). The molecular weight excluding hydrogens is 314 g/mol. The van der Waals surface area contributed by atoms with Crippen molar-refractivity contribution in [1.29, 1.82) is 0 Å². The SMILES string of the molecule is Cc1ccc(CN2CC[C@H]3OCC[C@@]3(CCNc3ccccn3)C2)o1. The van der Waals surface area contributed by atoms with E-state index >= 15 is 0 Å². The molecule has 0 spiro atoms. The minimum atomic E-state index is 0.252. The summed E-state index contributed by atoms with van der Waals surface area (Å²) in [4.78, 5) is 6.88. The first-order chi connectivity index (χ1) is 12.2. The van der Waals surface area contributed by atoms with Crippen LogP contribution in [0.4, 0.5) is 5.82 Å². The molecule has 5 heteroatoms. The molecule has 0 radical (unpaired) electrons. The Hall–Kier alpha value is -1.85. The van der Waals surface area contributed by atoms with Gasteiger partial charge in [0.05, 0.1) is 12.6 Å². The lowest BCUT2D eigenvalue weighted by molar-refractivity contribution is -0.0244. The van der Waals surface area contributed by atoms with Gasteiger partial charge in [0, 0.05) is 37.9 Å². The summed E-state index contributed by atoms with van der Waals surface area (Å²) in [5.74, 6) is 3.01. The minimum absolute atomic E-state index is 0.252. The number of likely N-dealkylation sites (tertiary alicyclic amines) is 1. The van der Waals surface area contributed by atoms with Gasteiger partial charge in [0.2, 0.25) is 0 Å². The number of nitrogens with one attached hydrogen (secondary N) is 1. The Balaban J connectivity index is 1.38. The number of fused-ring (bicyclic) bond motifs is 1. The molecule has 0 aromatic carbocycles. The highest BCUT2D eigenvalue weighted by molar-refractivity contribution is 5.32. The summed E-state index contributed by atoms with van der Waals surface area (Å²) in [6.07, 6.45) is 5.60. The van der Waals surface area contributed by atoms with Crippen molar-refractivity contribution in [3.05, 3.63) is 48.0 Å². The minimum Gasteiger partial charge on any atom is -0.465 e. The number of aryl methyl sites for hydroxylation is 1. The number of nitrogens with zero attached hydrogens (tertiary/aromatic N) is 2. The second kappa shape index (κ2) is 7.18. The van der Waals surface area contributed by atoms with Crippen molar-refractivity contribution >= 4 is 5.82 Å². The van der Waals surface area contributed by atoms with E-state index in [1.54, 1.807) is 0 Å². The lowest BCUT2D eigenvalue weighted by Crippen LogP contribution is -2.49. The van der Waals surface area contributed by atoms with E-state index in [1.807, 2.05) is 37.4 Å². The number of hydrogen-bond donors (Lipinski definition) is 1. The Bertz CT molecular complexity index is 687. The molecule has 2 aliphatic heterocycles. The van der Waals surface area contributed by atoms with E-state index < -0.39 is 0 Å². The van der Waals surface area contributed by atoms with Crippen molar-refractivity contribution in [2.24, 2.45) is 5.41 Å². The van der Waals surface area contributed by atoms with Gasteiger partial charge in [-0.15, -0.1) is 0 Å². The fourth-order valence-electron chi connectivity index (χ4n) is 4.33. The first kappa shape index (κ1) is 16.6. The topological polar surface area (TPSA) is 50.5 Å². The number of pyridine rings is 1. The van der Waals surface area contributed by atoms with Gasteiger partial charge in [0.1, 0.15) is 17.3 Å². The smallest absolute Gasteiger partial charge is 0.125 e. The summed E-state index contributed by atoms with van der Waals surface area (Å²) < 4.78 is 11.8. The Morgan fingerprint density at radius 3 is 3.08 bits per heavy atom. The van der Waals surface area contributed by atoms with Crippen molar-refractivity contribution in [3.8, 4) is 0 Å². The number of ether oxygens (including phenoxy) is 1. The van der Waals surface area contributed by atoms with Crippen LogP contribution in [0.3, 0.4) is 0 Å². The highest BCUT2D eigenvalue weighted by Gasteiger charge is 2.47. The molecule has 0 amide bonds. The first-order valence-electron chi connectivity index (χ1n) is 9.28. The van der Waals surface area contributed by atoms with E-state index in [0.717, 1.165) is 69.4 Å². The van der Waals surface area contributed by atoms with Crippen molar-refractivity contribution in [1.82, 2.24) is 9.88 Å². The molecular formula is C20H27N3O2. The molecule has 2 aliphatic rings. The summed E-state index contributed by atoms with van der Waals surface area (Å²) in [6.45, 7) is 6.90. The Labute approximate surface area is 149 Å². The van der Waals surface area contributed by atoms with E-state index in [9.17, 15) is 0 Å². The van der Waals surface area contributed by atoms with Crippen LogP contribution < -0.4 is 5.32 Å². The van der Waals surface area contributed by atoms with Gasteiger partial charge in [-0.3, -0.25) is 4.90 Å². The third-order valence-electron chi connectivity index (χ3n) is 5.62. The van der Waals surface area contributed by atoms with Gasteiger partial charge in [0.25, 0.3) is 0 Å². The third kappa shape index (κ3) is 3.72. The fourth-order valence-corrected chi connectivity index (χ4v) is 4.33. The zero-order valence-corrected chi connectivity index (χ0v) is 14.9. The van der Waals surface area contributed by atoms with Gasteiger partial charge in [-0.1, -0.05) is 6.07 Å². The van der Waals surface area contributed by atoms with E-state index in [1.165, 1.54) is 0 Å². The number of piperidine rings is 1. The summed E-state index contributed by atoms with van der Waals surface area (Å²) in [7, 11) is 0. The standard InChI is InChI=1S/C20H27N3O2/c1-16-5-6-17(25-16)14-23-12-7-18-20(15-23,9-13-24-18)8-11-22-19-4-2-3-10-21-19/h2-6,10,18H,7-9,11-15H2,1H3,(H,21,22)/t18-,20+/m1/s1. The van der Waals surface area contributed by atoms with Crippen molar-refractivity contribution < 1.29 is 9.15 Å². The predicted molar refractivity (Wildman–Crippen MR) is 97.5 cm³/mol. The maximum atomic E-state index is 6.07. The summed E-state index contributed by atoms with van der Waals surface area (Å²) in [5.41, 5.74) is 0.252. The summed E-state index contributed by atoms with van der Waals surface area (Å²) in [6, 6.07) is 10.1. The van der Waals surface area contributed by atoms with E-state index in [0.29, 0.717) is 6.10 Å². The molecule has 2 atom stereocenters. The quantitative estimate of drug-likeness (QED) is 0.872. The average molecular weight is 341 g/mol. The number of rotatable bonds is 6. The van der Waals surface area contributed by atoms with Gasteiger partial charge in [-0.05, 0) is 50.5 Å². The molecule has 0 bridgehead atoms. The lowest BCUT2D eigenvalue weighted by Gasteiger charge is -2.43. The van der Waals surface area contributed by atoms with Gasteiger partial charge in [-0.2, -0.15) is 0 Å². The number of hydrogen-bond acceptors (Lipinski definition) is 5. The van der Waals surface area contributed by atoms with Crippen LogP contribution in [-0.4, -0.2) is 42.2 Å². The molecule has 5 nitrogen and oxygen atoms in total. The molecule has 0 saturated carbocycles. The van der Waals surface area contributed by atoms with Crippen LogP contribution in [0, 0.1) is 12.3 Å². The maximum Gasteiger partial charge on any atom is 0.125 e. The highest BCUT2D eigenvalue weighted by atomic mass is 16.5. The normalized spacial score (nSPS) is 26.5. The number of furan rings is 1. The van der Waals surface area contributed by atoms with Crippen LogP contribution in [0.25, 0.3) is 0 Å². The lowest BCUT2D eigenvalue weighted by atomic mass is 9.74. The van der Waals surface area contributed by atoms with Crippen LogP contribution >= 0.6 is 0 Å². The molecule has 2 aromatic heterocycles. The molecule has 2 fully saturated rings. The van der Waals surface area contributed by atoms with Gasteiger partial charge in [0.15, 0.2) is 0 Å². The van der Waals surface area contributed by atoms with Gasteiger partial charge >= 0.3 is 0 Å². The second-order valence-electron chi connectivity index (χ2n) is 7.38. The molecule has 2 aromatic rings. The monoisotopic (exact) mass is 341 g/mol. The van der Waals surface area contributed by atoms with Crippen LogP contribution in [0.2, 0.25) is 0 Å². The Kier molecular flexibility index (Phi) is 4.77. The zero-order valence-electron chi connectivity index (χ0n) is 14.9. The van der Waals surface area contributed by atoms with E-state index in [-0.39, 0.29) is 5.41 Å². The Morgan fingerprint density at radius 1 is 1.32 bits per heavy atom. The first-order valence-corrected chi connectivity index (χ1v) is 9.28. The number of anilines is 1. The molecule has 0 unspecified atom stereocenters. The van der Waals surface area contributed by atoms with Crippen LogP contribution in [0.1, 0.15) is 30.8 Å². The third-order valence-corrected chi connectivity index (χ3v) is 5.62. The van der Waals surface area contributed by atoms with Crippen LogP contribution in [0.15, 0.2) is 40.9 Å². The highest BCUT2D eigenvalue weighted by Crippen LogP contribution is 2.43. The predicted octanol–water partition coefficient (Wildman–Crippen LogP) is 3.47. The average Bonchev–Trinajstić information content (AvgIpc) is 3.22. The molecule has 2 saturated heterocycles. The fraction of sp³-hybridized carbons (Fsp3) is 0.550. The molecule has 0 aliphatic carbocycles. The van der Waals surface area contributed by atoms with Crippen LogP contribution in [0.5, 0.6) is 0 Å². The molecule has 25 heavy (non-hydrogen) atoms. The van der Waals surface area contributed by atoms with Crippen molar-refractivity contribution in [3.63, 3.8) is 0 Å². The van der Waals surface area contributed by atoms with E-state index in [2.05, 4.69) is 21.3 Å². The summed E-state index contributed by atoms with van der Waals surface area (Å²) in [5, 5.41) is 3.46. The zero-order chi connectivity index (χ0) is 17.1. The largest absolute Gasteiger partial charge is 0.465 e. The van der Waals surface area contributed by atoms with Crippen molar-refractivity contribution in [2.45, 2.75) is 38.8 Å². The summed E-state index contributed by atoms with van der Waals surface area (Å²) >= 11 is 0. The van der Waals surface area contributed by atoms with Crippen LogP contribution in [-0.2, 0) is 11.3 Å².